The minimum atomic E-state index is -4.87. The van der Waals surface area contributed by atoms with Gasteiger partial charge in [0.05, 0.1) is 18.2 Å². The maximum Gasteiger partial charge on any atom is 0.573 e. The molecule has 0 bridgehead atoms. The van der Waals surface area contributed by atoms with Crippen LogP contribution in [-0.4, -0.2) is 29.8 Å². The fraction of sp³-hybridized carbons (Fsp3) is 0.241. The highest BCUT2D eigenvalue weighted by atomic mass is 19.4. The third-order valence-electron chi connectivity index (χ3n) is 6.11. The number of hydrogen-bond donors (Lipinski definition) is 1. The Kier molecular flexibility index (Phi) is 7.48. The molecular formula is C29H26F3NO5. The van der Waals surface area contributed by atoms with E-state index >= 15 is 0 Å². The number of alkyl halides is 3. The number of hydrogen-bond acceptors (Lipinski definition) is 5. The Hall–Kier alpha value is -4.27. The van der Waals surface area contributed by atoms with Gasteiger partial charge in [0.15, 0.2) is 0 Å². The lowest BCUT2D eigenvalue weighted by molar-refractivity contribution is -0.274. The van der Waals surface area contributed by atoms with Crippen LogP contribution in [-0.2, 0) is 9.59 Å². The predicted octanol–water partition coefficient (Wildman–Crippen LogP) is 6.73. The second-order valence-electron chi connectivity index (χ2n) is 8.96. The Balaban J connectivity index is 1.85. The van der Waals surface area contributed by atoms with Crippen LogP contribution in [0.3, 0.4) is 0 Å². The van der Waals surface area contributed by atoms with E-state index in [0.29, 0.717) is 23.5 Å². The first-order chi connectivity index (χ1) is 18.0. The Morgan fingerprint density at radius 1 is 1.00 bits per heavy atom. The molecule has 1 N–H and O–H groups in total. The van der Waals surface area contributed by atoms with Crippen LogP contribution < -0.4 is 14.4 Å². The standard InChI is InChI=1S/C29H26F3NO5/c1-4-37-23-15-10-19(16-22(23)17(2)3)26(34)24-25(18-8-6-5-7-9-18)33(28(36)27(24)35)20-11-13-21(14-12-20)38-29(30,31)32/h5-17,25,34H,4H2,1-3H3/b26-24-. The number of halogens is 3. The molecule has 1 aliphatic rings. The summed E-state index contributed by atoms with van der Waals surface area (Å²) in [6.45, 7) is 6.26. The highest BCUT2D eigenvalue weighted by molar-refractivity contribution is 6.51. The number of rotatable bonds is 7. The highest BCUT2D eigenvalue weighted by Crippen LogP contribution is 2.43. The number of carbonyl (C=O) groups excluding carboxylic acids is 2. The molecule has 0 aromatic heterocycles. The largest absolute Gasteiger partial charge is 0.573 e. The van der Waals surface area contributed by atoms with Crippen molar-refractivity contribution >= 4 is 23.1 Å². The van der Waals surface area contributed by atoms with Gasteiger partial charge in [-0.1, -0.05) is 44.2 Å². The number of aliphatic hydroxyl groups is 1. The number of anilines is 1. The van der Waals surface area contributed by atoms with Gasteiger partial charge in [-0.25, -0.2) is 0 Å². The van der Waals surface area contributed by atoms with Crippen LogP contribution in [0.4, 0.5) is 18.9 Å². The van der Waals surface area contributed by atoms with Crippen molar-refractivity contribution in [3.05, 3.63) is 95.1 Å². The summed E-state index contributed by atoms with van der Waals surface area (Å²) in [5, 5.41) is 11.4. The van der Waals surface area contributed by atoms with Crippen LogP contribution >= 0.6 is 0 Å². The topological polar surface area (TPSA) is 76.1 Å². The van der Waals surface area contributed by atoms with Gasteiger partial charge in [0.2, 0.25) is 0 Å². The Labute approximate surface area is 217 Å². The molecule has 1 fully saturated rings. The summed E-state index contributed by atoms with van der Waals surface area (Å²) in [7, 11) is 0. The lowest BCUT2D eigenvalue weighted by Crippen LogP contribution is -2.29. The molecule has 1 heterocycles. The monoisotopic (exact) mass is 525 g/mol. The Morgan fingerprint density at radius 3 is 2.24 bits per heavy atom. The second-order valence-corrected chi connectivity index (χ2v) is 8.96. The average Bonchev–Trinajstić information content (AvgIpc) is 3.14. The molecule has 1 unspecified atom stereocenters. The zero-order valence-corrected chi connectivity index (χ0v) is 21.0. The van der Waals surface area contributed by atoms with E-state index in [1.54, 1.807) is 48.5 Å². The number of benzene rings is 3. The van der Waals surface area contributed by atoms with Gasteiger partial charge in [0.1, 0.15) is 17.3 Å². The van der Waals surface area contributed by atoms with E-state index in [4.69, 9.17) is 4.74 Å². The van der Waals surface area contributed by atoms with E-state index in [-0.39, 0.29) is 22.9 Å². The first kappa shape index (κ1) is 26.8. The molecule has 198 valence electrons. The summed E-state index contributed by atoms with van der Waals surface area (Å²) in [5.41, 5.74) is 1.74. The van der Waals surface area contributed by atoms with Crippen LogP contribution in [0.5, 0.6) is 11.5 Å². The smallest absolute Gasteiger partial charge is 0.507 e. The minimum Gasteiger partial charge on any atom is -0.507 e. The lowest BCUT2D eigenvalue weighted by Gasteiger charge is -2.25. The molecule has 0 saturated carbocycles. The van der Waals surface area contributed by atoms with E-state index in [0.717, 1.165) is 17.7 Å². The average molecular weight is 526 g/mol. The van der Waals surface area contributed by atoms with Crippen molar-refractivity contribution in [1.82, 2.24) is 0 Å². The maximum absolute atomic E-state index is 13.3. The van der Waals surface area contributed by atoms with Crippen molar-refractivity contribution in [2.45, 2.75) is 39.1 Å². The summed E-state index contributed by atoms with van der Waals surface area (Å²) in [6.07, 6.45) is -4.87. The number of Topliss-reactive ketones (excluding diaryl/α,β-unsaturated/α-hetero) is 1. The van der Waals surface area contributed by atoms with Gasteiger partial charge in [-0.3, -0.25) is 14.5 Å². The molecule has 1 saturated heterocycles. The number of amides is 1. The number of nitrogens with zero attached hydrogens (tertiary/aromatic N) is 1. The van der Waals surface area contributed by atoms with E-state index in [9.17, 15) is 27.9 Å². The summed E-state index contributed by atoms with van der Waals surface area (Å²) in [4.78, 5) is 27.8. The van der Waals surface area contributed by atoms with Crippen molar-refractivity contribution in [3.63, 3.8) is 0 Å². The SMILES string of the molecule is CCOc1ccc(/C(O)=C2/C(=O)C(=O)N(c3ccc(OC(F)(F)F)cc3)C2c2ccccc2)cc1C(C)C. The third kappa shape index (κ3) is 5.37. The molecule has 4 rings (SSSR count). The van der Waals surface area contributed by atoms with Crippen LogP contribution in [0.15, 0.2) is 78.4 Å². The van der Waals surface area contributed by atoms with E-state index in [1.807, 2.05) is 20.8 Å². The zero-order chi connectivity index (χ0) is 27.6. The molecule has 1 amide bonds. The molecule has 1 atom stereocenters. The molecule has 1 aliphatic heterocycles. The summed E-state index contributed by atoms with van der Waals surface area (Å²) >= 11 is 0. The third-order valence-corrected chi connectivity index (χ3v) is 6.11. The number of ketones is 1. The number of ether oxygens (including phenoxy) is 2. The normalized spacial score (nSPS) is 17.2. The van der Waals surface area contributed by atoms with Crippen LogP contribution in [0.25, 0.3) is 5.76 Å². The van der Waals surface area contributed by atoms with Gasteiger partial charge < -0.3 is 14.6 Å². The highest BCUT2D eigenvalue weighted by Gasteiger charge is 2.47. The number of aliphatic hydroxyl groups excluding tert-OH is 1. The van der Waals surface area contributed by atoms with Crippen molar-refractivity contribution < 1.29 is 37.3 Å². The molecule has 3 aromatic rings. The molecule has 3 aromatic carbocycles. The van der Waals surface area contributed by atoms with Gasteiger partial charge in [-0.2, -0.15) is 0 Å². The second kappa shape index (κ2) is 10.6. The van der Waals surface area contributed by atoms with Gasteiger partial charge in [-0.15, -0.1) is 13.2 Å². The van der Waals surface area contributed by atoms with Crippen LogP contribution in [0.1, 0.15) is 49.4 Å². The summed E-state index contributed by atoms with van der Waals surface area (Å²) in [5.74, 6) is -1.95. The molecular weight excluding hydrogens is 499 g/mol. The van der Waals surface area contributed by atoms with E-state index in [1.165, 1.54) is 17.0 Å². The first-order valence-corrected chi connectivity index (χ1v) is 12.0. The van der Waals surface area contributed by atoms with Gasteiger partial charge in [0.25, 0.3) is 11.7 Å². The van der Waals surface area contributed by atoms with E-state index < -0.39 is 29.8 Å². The molecule has 6 nitrogen and oxygen atoms in total. The fourth-order valence-electron chi connectivity index (χ4n) is 4.45. The fourth-order valence-corrected chi connectivity index (χ4v) is 4.45. The van der Waals surface area contributed by atoms with Crippen LogP contribution in [0.2, 0.25) is 0 Å². The van der Waals surface area contributed by atoms with E-state index in [2.05, 4.69) is 4.74 Å². The summed E-state index contributed by atoms with van der Waals surface area (Å²) in [6, 6.07) is 17.3. The van der Waals surface area contributed by atoms with Crippen molar-refractivity contribution in [3.8, 4) is 11.5 Å². The lowest BCUT2D eigenvalue weighted by atomic mass is 9.93. The first-order valence-electron chi connectivity index (χ1n) is 12.0. The van der Waals surface area contributed by atoms with Crippen LogP contribution in [0, 0.1) is 0 Å². The van der Waals surface area contributed by atoms with Crippen molar-refractivity contribution in [1.29, 1.82) is 0 Å². The quantitative estimate of drug-likeness (QED) is 0.210. The number of carbonyl (C=O) groups is 2. The molecule has 9 heteroatoms. The Bertz CT molecular complexity index is 1370. The zero-order valence-electron chi connectivity index (χ0n) is 21.0. The van der Waals surface area contributed by atoms with Crippen molar-refractivity contribution in [2.75, 3.05) is 11.5 Å². The van der Waals surface area contributed by atoms with Gasteiger partial charge in [0, 0.05) is 11.3 Å². The summed E-state index contributed by atoms with van der Waals surface area (Å²) < 4.78 is 47.5. The van der Waals surface area contributed by atoms with Gasteiger partial charge in [-0.05, 0) is 66.4 Å². The molecule has 0 spiro atoms. The minimum absolute atomic E-state index is 0.0501. The molecule has 0 aliphatic carbocycles. The maximum atomic E-state index is 13.3. The van der Waals surface area contributed by atoms with Gasteiger partial charge >= 0.3 is 6.36 Å². The molecule has 0 radical (unpaired) electrons. The molecule has 38 heavy (non-hydrogen) atoms. The predicted molar refractivity (Wildman–Crippen MR) is 136 cm³/mol. The van der Waals surface area contributed by atoms with Crippen molar-refractivity contribution in [2.24, 2.45) is 0 Å². The Morgan fingerprint density at radius 2 is 1.66 bits per heavy atom.